The Hall–Kier alpha value is -2.54. The number of benzene rings is 1. The van der Waals surface area contributed by atoms with Gasteiger partial charge in [-0.3, -0.25) is 9.36 Å². The van der Waals surface area contributed by atoms with Crippen LogP contribution in [-0.2, 0) is 0 Å². The SMILES string of the molecule is Cc1ccn(-c2ccc(OC(C)C)cc2)c(=O)c1C#N. The molecule has 20 heavy (non-hydrogen) atoms. The van der Waals surface area contributed by atoms with E-state index in [1.807, 2.05) is 32.0 Å². The van der Waals surface area contributed by atoms with E-state index in [1.54, 1.807) is 31.3 Å². The molecule has 0 spiro atoms. The van der Waals surface area contributed by atoms with Crippen molar-refractivity contribution in [2.24, 2.45) is 0 Å². The molecule has 2 rings (SSSR count). The van der Waals surface area contributed by atoms with Crippen LogP contribution in [0.2, 0.25) is 0 Å². The summed E-state index contributed by atoms with van der Waals surface area (Å²) < 4.78 is 7.02. The minimum absolute atomic E-state index is 0.105. The first-order chi connectivity index (χ1) is 9.52. The van der Waals surface area contributed by atoms with Crippen LogP contribution in [0.25, 0.3) is 5.69 Å². The van der Waals surface area contributed by atoms with Crippen LogP contribution in [0.4, 0.5) is 0 Å². The van der Waals surface area contributed by atoms with Crippen LogP contribution in [0.1, 0.15) is 25.0 Å². The lowest BCUT2D eigenvalue weighted by molar-refractivity contribution is 0.242. The second kappa shape index (κ2) is 5.62. The molecule has 1 heterocycles. The van der Waals surface area contributed by atoms with Crippen molar-refractivity contribution in [2.45, 2.75) is 26.9 Å². The highest BCUT2D eigenvalue weighted by Gasteiger charge is 2.08. The van der Waals surface area contributed by atoms with Gasteiger partial charge in [0, 0.05) is 11.9 Å². The minimum Gasteiger partial charge on any atom is -0.491 e. The molecule has 0 saturated heterocycles. The molecule has 0 aliphatic rings. The van der Waals surface area contributed by atoms with E-state index in [-0.39, 0.29) is 17.2 Å². The van der Waals surface area contributed by atoms with Gasteiger partial charge in [0.15, 0.2) is 0 Å². The largest absolute Gasteiger partial charge is 0.491 e. The third-order valence-corrected chi connectivity index (χ3v) is 2.90. The third kappa shape index (κ3) is 2.72. The monoisotopic (exact) mass is 268 g/mol. The van der Waals surface area contributed by atoms with Crippen LogP contribution in [0.5, 0.6) is 5.75 Å². The summed E-state index contributed by atoms with van der Waals surface area (Å²) in [6, 6.07) is 10.9. The van der Waals surface area contributed by atoms with Crippen molar-refractivity contribution >= 4 is 0 Å². The van der Waals surface area contributed by atoms with Crippen molar-refractivity contribution in [3.63, 3.8) is 0 Å². The Kier molecular flexibility index (Phi) is 3.90. The highest BCUT2D eigenvalue weighted by molar-refractivity contribution is 5.41. The lowest BCUT2D eigenvalue weighted by Gasteiger charge is -2.11. The quantitative estimate of drug-likeness (QED) is 0.860. The van der Waals surface area contributed by atoms with E-state index in [1.165, 1.54) is 4.57 Å². The van der Waals surface area contributed by atoms with Crippen molar-refractivity contribution in [3.05, 3.63) is 58.0 Å². The van der Waals surface area contributed by atoms with Crippen molar-refractivity contribution in [1.82, 2.24) is 4.57 Å². The number of aromatic nitrogens is 1. The van der Waals surface area contributed by atoms with Crippen LogP contribution in [0.3, 0.4) is 0 Å². The molecular weight excluding hydrogens is 252 g/mol. The van der Waals surface area contributed by atoms with E-state index in [0.717, 1.165) is 5.75 Å². The number of hydrogen-bond acceptors (Lipinski definition) is 3. The zero-order chi connectivity index (χ0) is 14.7. The van der Waals surface area contributed by atoms with Crippen LogP contribution < -0.4 is 10.3 Å². The molecular formula is C16H16N2O2. The molecule has 0 unspecified atom stereocenters. The number of nitrogens with zero attached hydrogens (tertiary/aromatic N) is 2. The van der Waals surface area contributed by atoms with Gasteiger partial charge in [-0.2, -0.15) is 5.26 Å². The van der Waals surface area contributed by atoms with Gasteiger partial charge in [-0.05, 0) is 56.7 Å². The van der Waals surface area contributed by atoms with Gasteiger partial charge < -0.3 is 4.74 Å². The number of hydrogen-bond donors (Lipinski definition) is 0. The average molecular weight is 268 g/mol. The molecule has 2 aromatic rings. The van der Waals surface area contributed by atoms with Crippen molar-refractivity contribution in [3.8, 4) is 17.5 Å². The lowest BCUT2D eigenvalue weighted by atomic mass is 10.1. The summed E-state index contributed by atoms with van der Waals surface area (Å²) in [6.07, 6.45) is 1.78. The standard InChI is InChI=1S/C16H16N2O2/c1-11(2)20-14-6-4-13(5-7-14)18-9-8-12(3)15(10-17)16(18)19/h4-9,11H,1-3H3. The van der Waals surface area contributed by atoms with Gasteiger partial charge >= 0.3 is 0 Å². The maximum atomic E-state index is 12.2. The molecule has 0 amide bonds. The summed E-state index contributed by atoms with van der Waals surface area (Å²) in [5.74, 6) is 0.754. The van der Waals surface area contributed by atoms with Crippen molar-refractivity contribution < 1.29 is 4.74 Å². The van der Waals surface area contributed by atoms with E-state index < -0.39 is 0 Å². The Morgan fingerprint density at radius 2 is 1.85 bits per heavy atom. The lowest BCUT2D eigenvalue weighted by Crippen LogP contribution is -2.21. The van der Waals surface area contributed by atoms with Crippen molar-refractivity contribution in [2.75, 3.05) is 0 Å². The molecule has 0 saturated carbocycles. The first kappa shape index (κ1) is 13.9. The predicted molar refractivity (Wildman–Crippen MR) is 77.3 cm³/mol. The van der Waals surface area contributed by atoms with Gasteiger partial charge in [0.25, 0.3) is 5.56 Å². The van der Waals surface area contributed by atoms with Crippen molar-refractivity contribution in [1.29, 1.82) is 5.26 Å². The Balaban J connectivity index is 2.43. The number of aryl methyl sites for hydroxylation is 1. The summed E-state index contributed by atoms with van der Waals surface area (Å²) >= 11 is 0. The van der Waals surface area contributed by atoms with Gasteiger partial charge in [0.2, 0.25) is 0 Å². The normalized spacial score (nSPS) is 10.3. The van der Waals surface area contributed by atoms with E-state index >= 15 is 0 Å². The highest BCUT2D eigenvalue weighted by Crippen LogP contribution is 2.16. The summed E-state index contributed by atoms with van der Waals surface area (Å²) in [5, 5.41) is 9.03. The molecule has 102 valence electrons. The molecule has 0 atom stereocenters. The summed E-state index contributed by atoms with van der Waals surface area (Å²) in [7, 11) is 0. The fourth-order valence-corrected chi connectivity index (χ4v) is 1.92. The molecule has 4 nitrogen and oxygen atoms in total. The first-order valence-corrected chi connectivity index (χ1v) is 6.42. The predicted octanol–water partition coefficient (Wildman–Crippen LogP) is 2.80. The summed E-state index contributed by atoms with van der Waals surface area (Å²) in [4.78, 5) is 12.2. The van der Waals surface area contributed by atoms with E-state index in [0.29, 0.717) is 11.3 Å². The Morgan fingerprint density at radius 3 is 2.40 bits per heavy atom. The number of rotatable bonds is 3. The smallest absolute Gasteiger partial charge is 0.273 e. The molecule has 1 aromatic carbocycles. The zero-order valence-corrected chi connectivity index (χ0v) is 11.8. The maximum absolute atomic E-state index is 12.2. The van der Waals surface area contributed by atoms with Gasteiger partial charge in [-0.25, -0.2) is 0 Å². The molecule has 0 aliphatic carbocycles. The van der Waals surface area contributed by atoms with Crippen LogP contribution in [0.15, 0.2) is 41.3 Å². The van der Waals surface area contributed by atoms with Gasteiger partial charge in [-0.1, -0.05) is 0 Å². The first-order valence-electron chi connectivity index (χ1n) is 6.42. The van der Waals surface area contributed by atoms with E-state index in [4.69, 9.17) is 10.00 Å². The van der Waals surface area contributed by atoms with Gasteiger partial charge in [-0.15, -0.1) is 0 Å². The summed E-state index contributed by atoms with van der Waals surface area (Å²) in [5.41, 5.74) is 1.27. The third-order valence-electron chi connectivity index (χ3n) is 2.90. The van der Waals surface area contributed by atoms with Crippen LogP contribution in [0, 0.1) is 18.3 Å². The minimum atomic E-state index is -0.301. The molecule has 0 aliphatic heterocycles. The van der Waals surface area contributed by atoms with Gasteiger partial charge in [0.05, 0.1) is 6.10 Å². The van der Waals surface area contributed by atoms with Crippen LogP contribution >= 0.6 is 0 Å². The average Bonchev–Trinajstić information content (AvgIpc) is 2.40. The second-order valence-corrected chi connectivity index (χ2v) is 4.82. The fraction of sp³-hybridized carbons (Fsp3) is 0.250. The number of pyridine rings is 1. The number of ether oxygens (including phenoxy) is 1. The summed E-state index contributed by atoms with van der Waals surface area (Å²) in [6.45, 7) is 5.67. The topological polar surface area (TPSA) is 55.0 Å². The molecule has 4 heteroatoms. The maximum Gasteiger partial charge on any atom is 0.273 e. The molecule has 0 radical (unpaired) electrons. The van der Waals surface area contributed by atoms with Crippen LogP contribution in [-0.4, -0.2) is 10.7 Å². The molecule has 0 fully saturated rings. The highest BCUT2D eigenvalue weighted by atomic mass is 16.5. The number of nitriles is 1. The Bertz CT molecular complexity index is 707. The molecule has 0 bridgehead atoms. The zero-order valence-electron chi connectivity index (χ0n) is 11.8. The Labute approximate surface area is 117 Å². The van der Waals surface area contributed by atoms with E-state index in [9.17, 15) is 4.79 Å². The molecule has 1 aromatic heterocycles. The van der Waals surface area contributed by atoms with E-state index in [2.05, 4.69) is 0 Å². The molecule has 0 N–H and O–H groups in total. The Morgan fingerprint density at radius 1 is 1.20 bits per heavy atom. The second-order valence-electron chi connectivity index (χ2n) is 4.82. The fourth-order valence-electron chi connectivity index (χ4n) is 1.92. The van der Waals surface area contributed by atoms with Gasteiger partial charge in [0.1, 0.15) is 17.4 Å².